The number of hydrogen-bond acceptors (Lipinski definition) is 7. The zero-order chi connectivity index (χ0) is 29.1. The molecule has 222 valence electrons. The number of carbonyl (C=O) groups excluding carboxylic acids is 1. The number of benzene rings is 1. The Morgan fingerprint density at radius 2 is 1.74 bits per heavy atom. The Morgan fingerprint density at radius 3 is 2.50 bits per heavy atom. The molecule has 0 atom stereocenters. The number of anilines is 2. The van der Waals surface area contributed by atoms with Gasteiger partial charge in [0.15, 0.2) is 6.73 Å². The molecule has 1 aliphatic heterocycles. The second kappa shape index (κ2) is 12.5. The molecule has 1 saturated carbocycles. The van der Waals surface area contributed by atoms with Gasteiger partial charge in [0.1, 0.15) is 5.82 Å². The third-order valence-electron chi connectivity index (χ3n) is 8.91. The van der Waals surface area contributed by atoms with Crippen molar-refractivity contribution in [1.82, 2.24) is 19.1 Å². The number of halogens is 1. The van der Waals surface area contributed by atoms with Crippen LogP contribution in [0.5, 0.6) is 0 Å². The van der Waals surface area contributed by atoms with Crippen molar-refractivity contribution in [1.29, 1.82) is 0 Å². The average molecular weight is 575 g/mol. The SMILES string of the molecule is CN(c1nccc(=O)n1COC(=O)C1CCCCC1)C1CCN(c2nc3c(n2Cc2ccc(F)cc2)=CCCC=3)CC1. The highest BCUT2D eigenvalue weighted by Crippen LogP contribution is 2.26. The molecule has 1 saturated heterocycles. The van der Waals surface area contributed by atoms with Crippen LogP contribution in [0, 0.1) is 11.7 Å². The van der Waals surface area contributed by atoms with E-state index in [1.807, 2.05) is 24.1 Å². The quantitative estimate of drug-likeness (QED) is 0.382. The van der Waals surface area contributed by atoms with E-state index in [9.17, 15) is 14.0 Å². The molecular formula is C32H39FN6O3. The van der Waals surface area contributed by atoms with Crippen molar-refractivity contribution in [3.8, 4) is 0 Å². The molecule has 0 N–H and O–H groups in total. The molecule has 3 aromatic rings. The fourth-order valence-electron chi connectivity index (χ4n) is 6.48. The van der Waals surface area contributed by atoms with Crippen LogP contribution in [0.3, 0.4) is 0 Å². The Morgan fingerprint density at radius 1 is 1.00 bits per heavy atom. The molecule has 42 heavy (non-hydrogen) atoms. The molecule has 2 fully saturated rings. The second-order valence-corrected chi connectivity index (χ2v) is 11.6. The van der Waals surface area contributed by atoms with Crippen LogP contribution >= 0.6 is 0 Å². The summed E-state index contributed by atoms with van der Waals surface area (Å²) in [6, 6.07) is 8.23. The largest absolute Gasteiger partial charge is 0.443 e. The van der Waals surface area contributed by atoms with Gasteiger partial charge < -0.3 is 19.1 Å². The number of hydrogen-bond donors (Lipinski definition) is 0. The van der Waals surface area contributed by atoms with E-state index < -0.39 is 0 Å². The van der Waals surface area contributed by atoms with Crippen LogP contribution in [0.15, 0.2) is 41.3 Å². The van der Waals surface area contributed by atoms with E-state index in [1.165, 1.54) is 29.0 Å². The minimum Gasteiger partial charge on any atom is -0.443 e. The highest BCUT2D eigenvalue weighted by molar-refractivity contribution is 5.72. The molecule has 3 aliphatic rings. The maximum atomic E-state index is 13.5. The molecule has 3 heterocycles. The van der Waals surface area contributed by atoms with Crippen molar-refractivity contribution >= 4 is 30.0 Å². The minimum atomic E-state index is -0.238. The number of esters is 1. The maximum Gasteiger partial charge on any atom is 0.310 e. The van der Waals surface area contributed by atoms with Gasteiger partial charge in [0.05, 0.1) is 23.2 Å². The van der Waals surface area contributed by atoms with Crippen molar-refractivity contribution in [2.75, 3.05) is 29.9 Å². The lowest BCUT2D eigenvalue weighted by atomic mass is 9.89. The standard InChI is InChI=1S/C32H39FN6O3/c1-36(31-34-18-15-29(40)39(31)22-42-30(41)24-7-3-2-4-8-24)26-16-19-37(20-17-26)32-35-27-9-5-6-10-28(27)38(32)21-23-11-13-25(33)14-12-23/h9-15,18,24,26H,2-8,16-17,19-22H2,1H3. The van der Waals surface area contributed by atoms with Crippen molar-refractivity contribution in [3.05, 3.63) is 69.0 Å². The van der Waals surface area contributed by atoms with E-state index in [-0.39, 0.29) is 36.0 Å². The van der Waals surface area contributed by atoms with Gasteiger partial charge in [0.2, 0.25) is 11.9 Å². The van der Waals surface area contributed by atoms with Crippen LogP contribution in [0.2, 0.25) is 0 Å². The van der Waals surface area contributed by atoms with Gasteiger partial charge in [0, 0.05) is 38.4 Å². The number of rotatable bonds is 8. The molecule has 1 aromatic carbocycles. The molecule has 10 heteroatoms. The van der Waals surface area contributed by atoms with E-state index in [1.54, 1.807) is 0 Å². The summed E-state index contributed by atoms with van der Waals surface area (Å²) in [5.41, 5.74) is 0.797. The maximum absolute atomic E-state index is 13.5. The van der Waals surface area contributed by atoms with Gasteiger partial charge in [-0.1, -0.05) is 43.5 Å². The van der Waals surface area contributed by atoms with Crippen molar-refractivity contribution in [2.24, 2.45) is 5.92 Å². The van der Waals surface area contributed by atoms with Gasteiger partial charge in [-0.05, 0) is 56.2 Å². The summed E-state index contributed by atoms with van der Waals surface area (Å²) < 4.78 is 22.9. The zero-order valence-electron chi connectivity index (χ0n) is 24.3. The molecule has 0 spiro atoms. The van der Waals surface area contributed by atoms with Crippen LogP contribution < -0.4 is 26.1 Å². The molecule has 6 rings (SSSR count). The monoisotopic (exact) mass is 574 g/mol. The Labute approximate surface area is 244 Å². The highest BCUT2D eigenvalue weighted by Gasteiger charge is 2.28. The normalized spacial score (nSPS) is 17.7. The van der Waals surface area contributed by atoms with E-state index in [4.69, 9.17) is 9.72 Å². The van der Waals surface area contributed by atoms with Crippen LogP contribution in [-0.4, -0.2) is 51.3 Å². The topological polar surface area (TPSA) is 85.5 Å². The van der Waals surface area contributed by atoms with Crippen molar-refractivity contribution < 1.29 is 13.9 Å². The lowest BCUT2D eigenvalue weighted by Crippen LogP contribution is -2.46. The summed E-state index contributed by atoms with van der Waals surface area (Å²) >= 11 is 0. The number of imidazole rings is 1. The predicted octanol–water partition coefficient (Wildman–Crippen LogP) is 3.17. The lowest BCUT2D eigenvalue weighted by molar-refractivity contribution is -0.153. The molecule has 0 amide bonds. The second-order valence-electron chi connectivity index (χ2n) is 11.6. The number of fused-ring (bicyclic) bond motifs is 1. The molecule has 9 nitrogen and oxygen atoms in total. The number of carbonyl (C=O) groups is 1. The molecule has 0 unspecified atom stereocenters. The van der Waals surface area contributed by atoms with Crippen molar-refractivity contribution in [2.45, 2.75) is 77.1 Å². The summed E-state index contributed by atoms with van der Waals surface area (Å²) in [4.78, 5) is 39.4. The molecule has 0 radical (unpaired) electrons. The Balaban J connectivity index is 1.16. The summed E-state index contributed by atoms with van der Waals surface area (Å²) in [5.74, 6) is 0.909. The number of aromatic nitrogens is 4. The average Bonchev–Trinajstić information content (AvgIpc) is 3.39. The first-order valence-corrected chi connectivity index (χ1v) is 15.2. The molecular weight excluding hydrogens is 535 g/mol. The van der Waals surface area contributed by atoms with Crippen molar-refractivity contribution in [3.63, 3.8) is 0 Å². The fourth-order valence-corrected chi connectivity index (χ4v) is 6.48. The smallest absolute Gasteiger partial charge is 0.310 e. The number of piperidine rings is 1. The molecule has 2 aliphatic carbocycles. The zero-order valence-corrected chi connectivity index (χ0v) is 24.3. The van der Waals surface area contributed by atoms with Gasteiger partial charge in [-0.3, -0.25) is 9.59 Å². The third-order valence-corrected chi connectivity index (χ3v) is 8.91. The molecule has 0 bridgehead atoms. The van der Waals surface area contributed by atoms with Crippen LogP contribution in [0.25, 0.3) is 12.2 Å². The van der Waals surface area contributed by atoms with E-state index in [0.29, 0.717) is 12.5 Å². The summed E-state index contributed by atoms with van der Waals surface area (Å²) in [5, 5.41) is 2.14. The third kappa shape index (κ3) is 5.98. The van der Waals surface area contributed by atoms with Gasteiger partial charge in [-0.2, -0.15) is 0 Å². The van der Waals surface area contributed by atoms with Gasteiger partial charge in [-0.15, -0.1) is 0 Å². The summed E-state index contributed by atoms with van der Waals surface area (Å²) in [6.07, 6.45) is 14.6. The van der Waals surface area contributed by atoms with Crippen LogP contribution in [0.1, 0.15) is 63.4 Å². The van der Waals surface area contributed by atoms with Gasteiger partial charge in [-0.25, -0.2) is 18.9 Å². The van der Waals surface area contributed by atoms with Crippen LogP contribution in [0.4, 0.5) is 16.3 Å². The predicted molar refractivity (Wildman–Crippen MR) is 160 cm³/mol. The Kier molecular flexibility index (Phi) is 8.39. The lowest BCUT2D eigenvalue weighted by Gasteiger charge is -2.38. The van der Waals surface area contributed by atoms with Crippen LogP contribution in [-0.2, 0) is 22.8 Å². The first-order valence-electron chi connectivity index (χ1n) is 15.2. The van der Waals surface area contributed by atoms with E-state index in [0.717, 1.165) is 93.1 Å². The number of nitrogens with zero attached hydrogens (tertiary/aromatic N) is 6. The number of ether oxygens (including phenoxy) is 1. The summed E-state index contributed by atoms with van der Waals surface area (Å²) in [7, 11) is 1.96. The first-order chi connectivity index (χ1) is 20.5. The Bertz CT molecular complexity index is 1580. The minimum absolute atomic E-state index is 0.0758. The van der Waals surface area contributed by atoms with E-state index >= 15 is 0 Å². The first kappa shape index (κ1) is 28.2. The molecule has 2 aromatic heterocycles. The van der Waals surface area contributed by atoms with Gasteiger partial charge in [0.25, 0.3) is 5.56 Å². The highest BCUT2D eigenvalue weighted by atomic mass is 19.1. The van der Waals surface area contributed by atoms with E-state index in [2.05, 4.69) is 26.6 Å². The fraction of sp³-hybridized carbons (Fsp3) is 0.500. The summed E-state index contributed by atoms with van der Waals surface area (Å²) in [6.45, 7) is 2.09. The Hall–Kier alpha value is -3.95. The van der Waals surface area contributed by atoms with Gasteiger partial charge >= 0.3 is 5.97 Å².